The first kappa shape index (κ1) is 64.2. The third-order valence-electron chi connectivity index (χ3n) is 12.1. The number of ether oxygens (including phenoxy) is 2. The molecule has 0 aliphatic heterocycles. The van der Waals surface area contributed by atoms with Gasteiger partial charge in [0.25, 0.3) is 0 Å². The van der Waals surface area contributed by atoms with E-state index in [0.29, 0.717) is 17.4 Å². The quantitative estimate of drug-likeness (QED) is 0.0211. The first-order chi connectivity index (χ1) is 32.0. The predicted molar refractivity (Wildman–Crippen MR) is 280 cm³/mol. The fourth-order valence-electron chi connectivity index (χ4n) is 7.80. The molecule has 0 bridgehead atoms. The Hall–Kier alpha value is -1.77. The van der Waals surface area contributed by atoms with E-state index in [1.54, 1.807) is 0 Å². The predicted octanol–water partition coefficient (Wildman–Crippen LogP) is 16.8. The molecular formula is C56H107NO8P+. The molecule has 388 valence electrons. The topological polar surface area (TPSA) is 108 Å². The number of carbonyl (C=O) groups excluding carboxylic acids is 2. The number of phosphoric ester groups is 1. The van der Waals surface area contributed by atoms with Gasteiger partial charge in [0.05, 0.1) is 27.7 Å². The number of unbranched alkanes of at least 4 members (excludes halogenated alkanes) is 31. The van der Waals surface area contributed by atoms with Crippen LogP contribution in [0.2, 0.25) is 0 Å². The molecule has 0 amide bonds. The average Bonchev–Trinajstić information content (AvgIpc) is 3.27. The number of allylic oxidation sites excluding steroid dienone is 6. The number of esters is 2. The number of phosphoric acid groups is 1. The summed E-state index contributed by atoms with van der Waals surface area (Å²) in [5.74, 6) is -0.841. The van der Waals surface area contributed by atoms with Gasteiger partial charge < -0.3 is 18.9 Å². The standard InChI is InChI=1S/C56H106NO8P/c1-6-8-10-12-14-16-18-20-22-24-26-27-28-29-31-33-35-37-39-41-43-45-47-49-56(59)65-54(53-64-66(60,61)63-51-50-57(3,4)5)52-62-55(58)48-46-44-42-40-38-36-34-32-30-25-23-21-19-17-15-13-11-9-7-2/h21,23,33,35,41,43,54H,6-20,22,24-32,34,36-40,42,44-53H2,1-5H3/p+1/b23-21+,35-33+,43-41+/t54-/m1/s1. The molecule has 66 heavy (non-hydrogen) atoms. The molecule has 0 radical (unpaired) electrons. The van der Waals surface area contributed by atoms with Crippen molar-refractivity contribution in [3.05, 3.63) is 36.5 Å². The van der Waals surface area contributed by atoms with Gasteiger partial charge >= 0.3 is 19.8 Å². The van der Waals surface area contributed by atoms with E-state index in [0.717, 1.165) is 44.9 Å². The Balaban J connectivity index is 4.25. The summed E-state index contributed by atoms with van der Waals surface area (Å²) in [7, 11) is 1.46. The van der Waals surface area contributed by atoms with Gasteiger partial charge in [0, 0.05) is 12.8 Å². The maximum Gasteiger partial charge on any atom is 0.472 e. The summed E-state index contributed by atoms with van der Waals surface area (Å²) in [6.07, 6.45) is 57.9. The fraction of sp³-hybridized carbons (Fsp3) is 0.857. The number of rotatable bonds is 51. The van der Waals surface area contributed by atoms with Gasteiger partial charge in [-0.3, -0.25) is 18.6 Å². The van der Waals surface area contributed by atoms with Crippen molar-refractivity contribution >= 4 is 19.8 Å². The lowest BCUT2D eigenvalue weighted by Gasteiger charge is -2.24. The molecule has 0 aromatic heterocycles. The van der Waals surface area contributed by atoms with Crippen molar-refractivity contribution < 1.29 is 42.1 Å². The summed E-state index contributed by atoms with van der Waals surface area (Å²) in [6, 6.07) is 0. The normalized spacial score (nSPS) is 13.6. The van der Waals surface area contributed by atoms with E-state index in [9.17, 15) is 19.0 Å². The van der Waals surface area contributed by atoms with E-state index in [4.69, 9.17) is 18.5 Å². The van der Waals surface area contributed by atoms with Crippen LogP contribution in [0, 0.1) is 0 Å². The van der Waals surface area contributed by atoms with Crippen LogP contribution in [0.15, 0.2) is 36.5 Å². The molecule has 1 N–H and O–H groups in total. The lowest BCUT2D eigenvalue weighted by atomic mass is 10.0. The number of hydrogen-bond acceptors (Lipinski definition) is 7. The maximum atomic E-state index is 12.8. The molecule has 0 rings (SSSR count). The zero-order valence-corrected chi connectivity index (χ0v) is 44.8. The molecule has 2 atom stereocenters. The first-order valence-electron chi connectivity index (χ1n) is 27.7. The Labute approximate surface area is 408 Å². The highest BCUT2D eigenvalue weighted by Crippen LogP contribution is 2.43. The molecule has 0 aromatic carbocycles. The second kappa shape index (κ2) is 48.3. The number of quaternary nitrogens is 1. The second-order valence-corrected chi connectivity index (χ2v) is 21.4. The van der Waals surface area contributed by atoms with Crippen LogP contribution in [0.25, 0.3) is 0 Å². The van der Waals surface area contributed by atoms with Crippen molar-refractivity contribution in [3.8, 4) is 0 Å². The Morgan fingerprint density at radius 3 is 1.21 bits per heavy atom. The fourth-order valence-corrected chi connectivity index (χ4v) is 8.54. The lowest BCUT2D eigenvalue weighted by molar-refractivity contribution is -0.870. The summed E-state index contributed by atoms with van der Waals surface area (Å²) < 4.78 is 34.5. The van der Waals surface area contributed by atoms with Crippen molar-refractivity contribution in [1.82, 2.24) is 0 Å². The Morgan fingerprint density at radius 1 is 0.455 bits per heavy atom. The highest BCUT2D eigenvalue weighted by molar-refractivity contribution is 7.47. The molecule has 0 saturated carbocycles. The van der Waals surface area contributed by atoms with Crippen molar-refractivity contribution in [2.45, 2.75) is 264 Å². The number of likely N-dealkylation sites (N-methyl/N-ethyl adjacent to an activating group) is 1. The van der Waals surface area contributed by atoms with Crippen molar-refractivity contribution in [3.63, 3.8) is 0 Å². The summed E-state index contributed by atoms with van der Waals surface area (Å²) in [5, 5.41) is 0. The maximum absolute atomic E-state index is 12.8. The monoisotopic (exact) mass is 953 g/mol. The minimum Gasteiger partial charge on any atom is -0.462 e. The minimum atomic E-state index is -4.39. The Bertz CT molecular complexity index is 1210. The SMILES string of the molecule is CCCCCCCC/C=C/CCCCCCCCCCCC(=O)OC[C@H](COP(=O)(O)OCC[N+](C)(C)C)OC(=O)CCC/C=C/CC/C=C/CCCCCCCCCCCCCCCC. The summed E-state index contributed by atoms with van der Waals surface area (Å²) >= 11 is 0. The van der Waals surface area contributed by atoms with Gasteiger partial charge in [-0.1, -0.05) is 211 Å². The van der Waals surface area contributed by atoms with Crippen LogP contribution in [-0.4, -0.2) is 74.9 Å². The van der Waals surface area contributed by atoms with Crippen molar-refractivity contribution in [1.29, 1.82) is 0 Å². The molecule has 1 unspecified atom stereocenters. The highest BCUT2D eigenvalue weighted by atomic mass is 31.2. The molecule has 0 heterocycles. The number of nitrogens with zero attached hydrogens (tertiary/aromatic N) is 1. The molecule has 10 heteroatoms. The average molecular weight is 953 g/mol. The van der Waals surface area contributed by atoms with E-state index in [2.05, 4.69) is 50.3 Å². The Morgan fingerprint density at radius 2 is 0.803 bits per heavy atom. The Kier molecular flexibility index (Phi) is 47.0. The van der Waals surface area contributed by atoms with Gasteiger partial charge in [-0.05, 0) is 70.6 Å². The molecule has 0 aliphatic carbocycles. The van der Waals surface area contributed by atoms with E-state index < -0.39 is 26.5 Å². The minimum absolute atomic E-state index is 0.0251. The molecule has 0 aliphatic rings. The van der Waals surface area contributed by atoms with Gasteiger partial charge in [-0.2, -0.15) is 0 Å². The van der Waals surface area contributed by atoms with Gasteiger partial charge in [0.2, 0.25) is 0 Å². The van der Waals surface area contributed by atoms with Crippen LogP contribution in [0.5, 0.6) is 0 Å². The first-order valence-corrected chi connectivity index (χ1v) is 29.2. The number of hydrogen-bond donors (Lipinski definition) is 1. The summed E-state index contributed by atoms with van der Waals surface area (Å²) in [6.45, 7) is 4.42. The van der Waals surface area contributed by atoms with Gasteiger partial charge in [-0.25, -0.2) is 4.57 Å². The van der Waals surface area contributed by atoms with Gasteiger partial charge in [0.15, 0.2) is 6.10 Å². The van der Waals surface area contributed by atoms with Gasteiger partial charge in [-0.15, -0.1) is 0 Å². The molecular weight excluding hydrogens is 846 g/mol. The van der Waals surface area contributed by atoms with Crippen LogP contribution < -0.4 is 0 Å². The molecule has 0 fully saturated rings. The molecule has 0 spiro atoms. The second-order valence-electron chi connectivity index (χ2n) is 20.0. The number of carbonyl (C=O) groups is 2. The summed E-state index contributed by atoms with van der Waals surface area (Å²) in [4.78, 5) is 35.6. The van der Waals surface area contributed by atoms with Crippen LogP contribution in [0.1, 0.15) is 258 Å². The molecule has 9 nitrogen and oxygen atoms in total. The van der Waals surface area contributed by atoms with Crippen LogP contribution in [-0.2, 0) is 32.7 Å². The van der Waals surface area contributed by atoms with Crippen molar-refractivity contribution in [2.75, 3.05) is 47.5 Å². The zero-order chi connectivity index (χ0) is 48.5. The summed E-state index contributed by atoms with van der Waals surface area (Å²) in [5.41, 5.74) is 0. The van der Waals surface area contributed by atoms with E-state index in [1.807, 2.05) is 21.1 Å². The largest absolute Gasteiger partial charge is 0.472 e. The zero-order valence-electron chi connectivity index (χ0n) is 43.9. The van der Waals surface area contributed by atoms with Gasteiger partial charge in [0.1, 0.15) is 19.8 Å². The van der Waals surface area contributed by atoms with E-state index in [-0.39, 0.29) is 32.0 Å². The smallest absolute Gasteiger partial charge is 0.462 e. The van der Waals surface area contributed by atoms with Crippen LogP contribution in [0.3, 0.4) is 0 Å². The highest BCUT2D eigenvalue weighted by Gasteiger charge is 2.27. The van der Waals surface area contributed by atoms with Crippen molar-refractivity contribution in [2.24, 2.45) is 0 Å². The van der Waals surface area contributed by atoms with Crippen LogP contribution >= 0.6 is 7.82 Å². The third-order valence-corrected chi connectivity index (χ3v) is 13.1. The molecule has 0 aromatic rings. The van der Waals surface area contributed by atoms with E-state index >= 15 is 0 Å². The lowest BCUT2D eigenvalue weighted by Crippen LogP contribution is -2.37. The third kappa shape index (κ3) is 51.6. The van der Waals surface area contributed by atoms with E-state index in [1.165, 1.54) is 180 Å². The molecule has 0 saturated heterocycles. The van der Waals surface area contributed by atoms with Crippen LogP contribution in [0.4, 0.5) is 0 Å².